The Kier molecular flexibility index (Phi) is 4.99. The van der Waals surface area contributed by atoms with Gasteiger partial charge in [0.25, 0.3) is 0 Å². The molecule has 24 heavy (non-hydrogen) atoms. The third kappa shape index (κ3) is 4.03. The lowest BCUT2D eigenvalue weighted by molar-refractivity contribution is 0.581. The molecule has 1 heterocycles. The molecule has 1 N–H and O–H groups in total. The van der Waals surface area contributed by atoms with Crippen LogP contribution < -0.4 is 4.72 Å². The maximum Gasteiger partial charge on any atom is 0.243 e. The fourth-order valence-electron chi connectivity index (χ4n) is 2.27. The molecule has 2 aromatic carbocycles. The molecule has 0 aliphatic rings. The molecule has 0 amide bonds. The van der Waals surface area contributed by atoms with Gasteiger partial charge in [0.05, 0.1) is 18.1 Å². The largest absolute Gasteiger partial charge is 0.243 e. The van der Waals surface area contributed by atoms with Gasteiger partial charge in [-0.3, -0.25) is 0 Å². The van der Waals surface area contributed by atoms with Crippen LogP contribution in [0.4, 0.5) is 0 Å². The van der Waals surface area contributed by atoms with Gasteiger partial charge >= 0.3 is 0 Å². The van der Waals surface area contributed by atoms with E-state index in [0.717, 1.165) is 11.3 Å². The summed E-state index contributed by atoms with van der Waals surface area (Å²) in [6.45, 7) is 0.291. The van der Waals surface area contributed by atoms with Crippen molar-refractivity contribution in [2.24, 2.45) is 0 Å². The molecule has 0 atom stereocenters. The highest BCUT2D eigenvalue weighted by Gasteiger charge is 2.16. The van der Waals surface area contributed by atoms with Crippen molar-refractivity contribution < 1.29 is 8.42 Å². The highest BCUT2D eigenvalue weighted by atomic mass is 35.5. The Bertz CT molecular complexity index is 924. The molecule has 124 valence electrons. The minimum Gasteiger partial charge on any atom is -0.240 e. The van der Waals surface area contributed by atoms with Gasteiger partial charge in [0.1, 0.15) is 4.90 Å². The Morgan fingerprint density at radius 3 is 2.62 bits per heavy atom. The summed E-state index contributed by atoms with van der Waals surface area (Å²) in [6, 6.07) is 16.7. The van der Waals surface area contributed by atoms with Gasteiger partial charge < -0.3 is 0 Å². The van der Waals surface area contributed by atoms with E-state index < -0.39 is 10.0 Å². The van der Waals surface area contributed by atoms with Crippen LogP contribution in [-0.2, 0) is 16.4 Å². The van der Waals surface area contributed by atoms with Gasteiger partial charge in [0, 0.05) is 11.6 Å². The molecule has 0 unspecified atom stereocenters. The van der Waals surface area contributed by atoms with Gasteiger partial charge in [-0.15, -0.1) is 0 Å². The molecule has 1 aromatic heterocycles. The first-order valence-electron chi connectivity index (χ1n) is 7.39. The van der Waals surface area contributed by atoms with Crippen molar-refractivity contribution in [3.05, 3.63) is 77.6 Å². The number of nitrogens with one attached hydrogen (secondary N) is 1. The fraction of sp³-hybridized carbons (Fsp3) is 0.118. The second-order valence-electron chi connectivity index (χ2n) is 5.23. The molecule has 0 saturated carbocycles. The van der Waals surface area contributed by atoms with Crippen molar-refractivity contribution in [3.63, 3.8) is 0 Å². The van der Waals surface area contributed by atoms with Gasteiger partial charge in [-0.1, -0.05) is 41.9 Å². The summed E-state index contributed by atoms with van der Waals surface area (Å²) in [7, 11) is -3.59. The van der Waals surface area contributed by atoms with E-state index in [1.54, 1.807) is 6.07 Å². The van der Waals surface area contributed by atoms with E-state index in [1.807, 2.05) is 48.5 Å². The normalized spacial score (nSPS) is 11.5. The lowest BCUT2D eigenvalue weighted by Gasteiger charge is -2.05. The molecular formula is C17H16ClN3O2S. The Hall–Kier alpha value is -2.15. The van der Waals surface area contributed by atoms with Crippen LogP contribution >= 0.6 is 11.6 Å². The molecule has 0 spiro atoms. The van der Waals surface area contributed by atoms with Gasteiger partial charge in [0.2, 0.25) is 10.0 Å². The Balaban J connectivity index is 1.66. The number of para-hydroxylation sites is 1. The van der Waals surface area contributed by atoms with Crippen LogP contribution in [0.15, 0.2) is 71.9 Å². The van der Waals surface area contributed by atoms with E-state index in [1.165, 1.54) is 17.1 Å². The molecule has 0 bridgehead atoms. The van der Waals surface area contributed by atoms with E-state index in [0.29, 0.717) is 18.0 Å². The van der Waals surface area contributed by atoms with Gasteiger partial charge in [-0.05, 0) is 36.2 Å². The molecule has 0 fully saturated rings. The zero-order valence-corrected chi connectivity index (χ0v) is 14.3. The summed E-state index contributed by atoms with van der Waals surface area (Å²) in [5.74, 6) is 0. The van der Waals surface area contributed by atoms with Crippen molar-refractivity contribution in [2.75, 3.05) is 6.54 Å². The van der Waals surface area contributed by atoms with Crippen LogP contribution in [0.25, 0.3) is 5.69 Å². The van der Waals surface area contributed by atoms with Crippen LogP contribution in [0.2, 0.25) is 5.02 Å². The topological polar surface area (TPSA) is 64.0 Å². The summed E-state index contributed by atoms with van der Waals surface area (Å²) < 4.78 is 28.8. The molecular weight excluding hydrogens is 346 g/mol. The van der Waals surface area contributed by atoms with Gasteiger partial charge in [-0.2, -0.15) is 5.10 Å². The average molecular weight is 362 g/mol. The van der Waals surface area contributed by atoms with Crippen LogP contribution in [-0.4, -0.2) is 24.7 Å². The third-order valence-electron chi connectivity index (χ3n) is 3.48. The predicted octanol–water partition coefficient (Wildman–Crippen LogP) is 3.05. The van der Waals surface area contributed by atoms with Crippen LogP contribution in [0.5, 0.6) is 0 Å². The first kappa shape index (κ1) is 16.7. The van der Waals surface area contributed by atoms with Gasteiger partial charge in [-0.25, -0.2) is 17.8 Å². The molecule has 0 aliphatic carbocycles. The van der Waals surface area contributed by atoms with Crippen molar-refractivity contribution in [2.45, 2.75) is 11.3 Å². The monoisotopic (exact) mass is 361 g/mol. The molecule has 0 radical (unpaired) electrons. The van der Waals surface area contributed by atoms with E-state index in [-0.39, 0.29) is 4.90 Å². The minimum atomic E-state index is -3.59. The Labute approximate surface area is 145 Å². The van der Waals surface area contributed by atoms with Crippen LogP contribution in [0, 0.1) is 0 Å². The number of hydrogen-bond acceptors (Lipinski definition) is 3. The number of hydrogen-bond donors (Lipinski definition) is 1. The predicted molar refractivity (Wildman–Crippen MR) is 93.9 cm³/mol. The number of sulfonamides is 1. The van der Waals surface area contributed by atoms with Crippen molar-refractivity contribution in [1.82, 2.24) is 14.5 Å². The summed E-state index contributed by atoms with van der Waals surface area (Å²) >= 11 is 5.92. The fourth-order valence-corrected chi connectivity index (χ4v) is 3.45. The Morgan fingerprint density at radius 1 is 1.08 bits per heavy atom. The second kappa shape index (κ2) is 7.17. The lowest BCUT2D eigenvalue weighted by atomic mass is 10.2. The van der Waals surface area contributed by atoms with E-state index in [4.69, 9.17) is 11.6 Å². The molecule has 7 heteroatoms. The van der Waals surface area contributed by atoms with Crippen LogP contribution in [0.3, 0.4) is 0 Å². The lowest BCUT2D eigenvalue weighted by Crippen LogP contribution is -2.25. The van der Waals surface area contributed by atoms with E-state index in [9.17, 15) is 8.42 Å². The summed E-state index contributed by atoms with van der Waals surface area (Å²) in [6.07, 6.45) is 3.40. The summed E-state index contributed by atoms with van der Waals surface area (Å²) in [5.41, 5.74) is 1.78. The second-order valence-corrected chi connectivity index (χ2v) is 7.44. The smallest absolute Gasteiger partial charge is 0.240 e. The maximum absolute atomic E-state index is 12.3. The number of halogens is 1. The maximum atomic E-state index is 12.3. The zero-order valence-electron chi connectivity index (χ0n) is 12.8. The number of benzene rings is 2. The van der Waals surface area contributed by atoms with Crippen molar-refractivity contribution in [1.29, 1.82) is 0 Å². The Morgan fingerprint density at radius 2 is 1.88 bits per heavy atom. The first-order valence-corrected chi connectivity index (χ1v) is 9.25. The molecule has 0 saturated heterocycles. The van der Waals surface area contributed by atoms with Crippen molar-refractivity contribution in [3.8, 4) is 5.69 Å². The minimum absolute atomic E-state index is 0.137. The molecule has 3 rings (SSSR count). The quantitative estimate of drug-likeness (QED) is 0.734. The van der Waals surface area contributed by atoms with Crippen molar-refractivity contribution >= 4 is 21.6 Å². The SMILES string of the molecule is O=S(=O)(NCCc1cccc(Cl)c1)c1cnn(-c2ccccc2)c1. The molecule has 5 nitrogen and oxygen atoms in total. The standard InChI is InChI=1S/C17H16ClN3O2S/c18-15-6-4-5-14(11-15)9-10-20-24(22,23)17-12-19-21(13-17)16-7-2-1-3-8-16/h1-8,11-13,20H,9-10H2. The van der Waals surface area contributed by atoms with Crippen LogP contribution in [0.1, 0.15) is 5.56 Å². The highest BCUT2D eigenvalue weighted by Crippen LogP contribution is 2.13. The zero-order chi connectivity index (χ0) is 17.0. The van der Waals surface area contributed by atoms with Gasteiger partial charge in [0.15, 0.2) is 0 Å². The number of nitrogens with zero attached hydrogens (tertiary/aromatic N) is 2. The number of aromatic nitrogens is 2. The number of rotatable bonds is 6. The first-order chi connectivity index (χ1) is 11.5. The third-order valence-corrected chi connectivity index (χ3v) is 5.14. The van der Waals surface area contributed by atoms with E-state index >= 15 is 0 Å². The molecule has 3 aromatic rings. The average Bonchev–Trinajstić information content (AvgIpc) is 3.07. The summed E-state index contributed by atoms with van der Waals surface area (Å²) in [4.78, 5) is 0.137. The molecule has 0 aliphatic heterocycles. The summed E-state index contributed by atoms with van der Waals surface area (Å²) in [5, 5.41) is 4.75. The highest BCUT2D eigenvalue weighted by molar-refractivity contribution is 7.89. The van der Waals surface area contributed by atoms with E-state index in [2.05, 4.69) is 9.82 Å².